The third-order valence-corrected chi connectivity index (χ3v) is 6.45. The molecule has 4 heteroatoms. The second-order valence-electron chi connectivity index (χ2n) is 8.55. The van der Waals surface area contributed by atoms with Crippen LogP contribution in [-0.4, -0.2) is 29.8 Å². The normalized spacial score (nSPS) is 21.6. The molecule has 0 aromatic heterocycles. The van der Waals surface area contributed by atoms with E-state index in [2.05, 4.69) is 29.6 Å². The Morgan fingerprint density at radius 2 is 1.66 bits per heavy atom. The monoisotopic (exact) mass is 390 g/mol. The van der Waals surface area contributed by atoms with E-state index in [1.807, 2.05) is 42.2 Å². The highest BCUT2D eigenvalue weighted by Crippen LogP contribution is 2.41. The van der Waals surface area contributed by atoms with E-state index in [-0.39, 0.29) is 23.7 Å². The van der Waals surface area contributed by atoms with Crippen molar-refractivity contribution in [3.8, 4) is 0 Å². The summed E-state index contributed by atoms with van der Waals surface area (Å²) in [5.74, 6) is 0.588. The van der Waals surface area contributed by atoms with Gasteiger partial charge in [-0.25, -0.2) is 0 Å². The molecule has 152 valence electrons. The van der Waals surface area contributed by atoms with Crippen molar-refractivity contribution in [3.63, 3.8) is 0 Å². The standard InChI is InChI=1S/C25H30N2O2/c1-18-7-5-6-10-21(18)17-26-24(28)22-16-23(22)25(29)27-13-11-20(12-14-27)15-19-8-3-2-4-9-19/h2-10,20,22-23H,11-17H2,1H3,(H,26,28). The van der Waals surface area contributed by atoms with E-state index in [4.69, 9.17) is 0 Å². The minimum atomic E-state index is -0.145. The van der Waals surface area contributed by atoms with Crippen LogP contribution in [0.2, 0.25) is 0 Å². The molecule has 0 spiro atoms. The summed E-state index contributed by atoms with van der Waals surface area (Å²) in [5.41, 5.74) is 3.68. The molecule has 29 heavy (non-hydrogen) atoms. The lowest BCUT2D eigenvalue weighted by Crippen LogP contribution is -2.40. The van der Waals surface area contributed by atoms with Gasteiger partial charge in [0.1, 0.15) is 0 Å². The maximum atomic E-state index is 12.8. The van der Waals surface area contributed by atoms with Crippen LogP contribution in [0.3, 0.4) is 0 Å². The maximum Gasteiger partial charge on any atom is 0.226 e. The molecule has 2 amide bonds. The molecule has 0 radical (unpaired) electrons. The molecule has 1 heterocycles. The number of carbonyl (C=O) groups excluding carboxylic acids is 2. The summed E-state index contributed by atoms with van der Waals surface area (Å²) >= 11 is 0. The highest BCUT2D eigenvalue weighted by atomic mass is 16.2. The molecule has 1 saturated heterocycles. The second kappa shape index (κ2) is 8.81. The Bertz CT molecular complexity index is 856. The van der Waals surface area contributed by atoms with Gasteiger partial charge in [-0.2, -0.15) is 0 Å². The molecule has 4 rings (SSSR count). The molecule has 2 fully saturated rings. The molecule has 0 bridgehead atoms. The van der Waals surface area contributed by atoms with Crippen molar-refractivity contribution >= 4 is 11.8 Å². The zero-order valence-electron chi connectivity index (χ0n) is 17.1. The van der Waals surface area contributed by atoms with Crippen LogP contribution in [0.25, 0.3) is 0 Å². The van der Waals surface area contributed by atoms with Crippen molar-refractivity contribution in [1.29, 1.82) is 0 Å². The van der Waals surface area contributed by atoms with E-state index in [1.54, 1.807) is 0 Å². The van der Waals surface area contributed by atoms with Crippen LogP contribution in [0.5, 0.6) is 0 Å². The lowest BCUT2D eigenvalue weighted by molar-refractivity contribution is -0.136. The summed E-state index contributed by atoms with van der Waals surface area (Å²) in [7, 11) is 0. The number of nitrogens with zero attached hydrogens (tertiary/aromatic N) is 1. The van der Waals surface area contributed by atoms with Crippen LogP contribution in [0, 0.1) is 24.7 Å². The average Bonchev–Trinajstić information content (AvgIpc) is 3.55. The van der Waals surface area contributed by atoms with Crippen LogP contribution in [0.1, 0.15) is 36.0 Å². The number of likely N-dealkylation sites (tertiary alicyclic amines) is 1. The third-order valence-electron chi connectivity index (χ3n) is 6.45. The van der Waals surface area contributed by atoms with E-state index >= 15 is 0 Å². The van der Waals surface area contributed by atoms with Crippen molar-refractivity contribution in [3.05, 3.63) is 71.3 Å². The SMILES string of the molecule is Cc1ccccc1CNC(=O)C1CC1C(=O)N1CCC(Cc2ccccc2)CC1. The summed E-state index contributed by atoms with van der Waals surface area (Å²) in [6, 6.07) is 18.7. The van der Waals surface area contributed by atoms with Gasteiger partial charge in [0.15, 0.2) is 0 Å². The zero-order valence-corrected chi connectivity index (χ0v) is 17.1. The number of aryl methyl sites for hydroxylation is 1. The molecule has 2 unspecified atom stereocenters. The Labute approximate surface area is 173 Å². The second-order valence-corrected chi connectivity index (χ2v) is 8.55. The predicted octanol–water partition coefficient (Wildman–Crippen LogP) is 3.73. The first kappa shape index (κ1) is 19.7. The number of hydrogen-bond acceptors (Lipinski definition) is 2. The first-order valence-corrected chi connectivity index (χ1v) is 10.8. The molecule has 1 N–H and O–H groups in total. The van der Waals surface area contributed by atoms with E-state index < -0.39 is 0 Å². The van der Waals surface area contributed by atoms with Crippen molar-refractivity contribution in [2.45, 2.75) is 39.2 Å². The van der Waals surface area contributed by atoms with E-state index in [1.165, 1.54) is 11.1 Å². The molecular weight excluding hydrogens is 360 g/mol. The molecule has 2 atom stereocenters. The van der Waals surface area contributed by atoms with Gasteiger partial charge in [0.2, 0.25) is 11.8 Å². The van der Waals surface area contributed by atoms with Gasteiger partial charge in [-0.3, -0.25) is 9.59 Å². The lowest BCUT2D eigenvalue weighted by atomic mass is 9.90. The van der Waals surface area contributed by atoms with E-state index in [0.717, 1.165) is 37.9 Å². The first-order valence-electron chi connectivity index (χ1n) is 10.8. The van der Waals surface area contributed by atoms with Gasteiger partial charge in [-0.15, -0.1) is 0 Å². The number of benzene rings is 2. The van der Waals surface area contributed by atoms with Crippen LogP contribution in [0.4, 0.5) is 0 Å². The zero-order chi connectivity index (χ0) is 20.2. The molecule has 2 aromatic rings. The van der Waals surface area contributed by atoms with E-state index in [9.17, 15) is 9.59 Å². The Morgan fingerprint density at radius 1 is 0.966 bits per heavy atom. The summed E-state index contributed by atoms with van der Waals surface area (Å²) in [6.45, 7) is 4.23. The predicted molar refractivity (Wildman–Crippen MR) is 114 cm³/mol. The van der Waals surface area contributed by atoms with Crippen molar-refractivity contribution in [2.75, 3.05) is 13.1 Å². The van der Waals surface area contributed by atoms with Crippen LogP contribution >= 0.6 is 0 Å². The van der Waals surface area contributed by atoms with Gasteiger partial charge in [-0.05, 0) is 55.2 Å². The van der Waals surface area contributed by atoms with Gasteiger partial charge < -0.3 is 10.2 Å². The number of piperidine rings is 1. The Kier molecular flexibility index (Phi) is 5.98. The topological polar surface area (TPSA) is 49.4 Å². The number of carbonyl (C=O) groups is 2. The molecule has 2 aromatic carbocycles. The van der Waals surface area contributed by atoms with Crippen molar-refractivity contribution in [2.24, 2.45) is 17.8 Å². The van der Waals surface area contributed by atoms with Gasteiger partial charge >= 0.3 is 0 Å². The average molecular weight is 391 g/mol. The summed E-state index contributed by atoms with van der Waals surface area (Å²) in [4.78, 5) is 27.3. The minimum Gasteiger partial charge on any atom is -0.352 e. The van der Waals surface area contributed by atoms with Crippen LogP contribution in [-0.2, 0) is 22.6 Å². The smallest absolute Gasteiger partial charge is 0.226 e. The highest BCUT2D eigenvalue weighted by Gasteiger charge is 2.49. The molecule has 2 aliphatic rings. The van der Waals surface area contributed by atoms with Crippen molar-refractivity contribution in [1.82, 2.24) is 10.2 Å². The fraction of sp³-hybridized carbons (Fsp3) is 0.440. The van der Waals surface area contributed by atoms with Gasteiger partial charge in [0, 0.05) is 19.6 Å². The summed E-state index contributed by atoms with van der Waals surface area (Å²) < 4.78 is 0. The molecular formula is C25H30N2O2. The molecule has 1 aliphatic carbocycles. The summed E-state index contributed by atoms with van der Waals surface area (Å²) in [5, 5.41) is 3.01. The van der Waals surface area contributed by atoms with Gasteiger partial charge in [0.25, 0.3) is 0 Å². The highest BCUT2D eigenvalue weighted by molar-refractivity contribution is 5.92. The van der Waals surface area contributed by atoms with Crippen LogP contribution in [0.15, 0.2) is 54.6 Å². The quantitative estimate of drug-likeness (QED) is 0.817. The Morgan fingerprint density at radius 3 is 2.38 bits per heavy atom. The van der Waals surface area contributed by atoms with Crippen molar-refractivity contribution < 1.29 is 9.59 Å². The minimum absolute atomic E-state index is 0.0190. The van der Waals surface area contributed by atoms with E-state index in [0.29, 0.717) is 18.9 Å². The maximum absolute atomic E-state index is 12.8. The number of nitrogens with one attached hydrogen (secondary N) is 1. The first-order chi connectivity index (χ1) is 14.1. The molecule has 1 saturated carbocycles. The van der Waals surface area contributed by atoms with Gasteiger partial charge in [-0.1, -0.05) is 54.6 Å². The molecule has 4 nitrogen and oxygen atoms in total. The summed E-state index contributed by atoms with van der Waals surface area (Å²) in [6.07, 6.45) is 3.90. The number of amides is 2. The largest absolute Gasteiger partial charge is 0.352 e. The van der Waals surface area contributed by atoms with Gasteiger partial charge in [0.05, 0.1) is 11.8 Å². The fourth-order valence-corrected chi connectivity index (χ4v) is 4.42. The Balaban J connectivity index is 1.21. The lowest BCUT2D eigenvalue weighted by Gasteiger charge is -2.32. The third kappa shape index (κ3) is 4.87. The fourth-order valence-electron chi connectivity index (χ4n) is 4.42. The molecule has 1 aliphatic heterocycles. The number of hydrogen-bond donors (Lipinski definition) is 1. The Hall–Kier alpha value is -2.62. The number of rotatable bonds is 6. The van der Waals surface area contributed by atoms with Crippen LogP contribution < -0.4 is 5.32 Å².